The van der Waals surface area contributed by atoms with Gasteiger partial charge in [-0.05, 0) is 157 Å². The van der Waals surface area contributed by atoms with Crippen LogP contribution in [0.1, 0.15) is 195 Å². The third-order valence-electron chi connectivity index (χ3n) is 16.2. The Morgan fingerprint density at radius 2 is 1.12 bits per heavy atom. The Morgan fingerprint density at radius 3 is 1.70 bits per heavy atom. The van der Waals surface area contributed by atoms with Crippen molar-refractivity contribution < 1.29 is 14.2 Å². The molecular weight excluding hydrogens is 834 g/mol. The Hall–Kier alpha value is 0.880. The second kappa shape index (κ2) is 34.2. The molecule has 0 aliphatic heterocycles. The topological polar surface area (TPSA) is 118 Å². The largest absolute Gasteiger partial charge is 0.378 e. The van der Waals surface area contributed by atoms with Gasteiger partial charge in [0.1, 0.15) is 0 Å². The zero-order valence-corrected chi connectivity index (χ0v) is 42.6. The summed E-state index contributed by atoms with van der Waals surface area (Å²) < 4.78 is 20.5. The van der Waals surface area contributed by atoms with Gasteiger partial charge in [0.15, 0.2) is 0 Å². The van der Waals surface area contributed by atoms with Gasteiger partial charge >= 0.3 is 0 Å². The predicted octanol–water partition coefficient (Wildman–Crippen LogP) is 12.2. The highest BCUT2D eigenvalue weighted by molar-refractivity contribution is 5.86. The fourth-order valence-electron chi connectivity index (χ4n) is 12.9. The summed E-state index contributed by atoms with van der Waals surface area (Å²) >= 11 is 0. The second-order valence-electron chi connectivity index (χ2n) is 19.9. The highest BCUT2D eigenvalue weighted by atomic mass is 35.5. The molecule has 2 unspecified atom stereocenters. The van der Waals surface area contributed by atoms with Crippen molar-refractivity contribution in [3.05, 3.63) is 0 Å². The van der Waals surface area contributed by atoms with Gasteiger partial charge in [-0.2, -0.15) is 0 Å². The van der Waals surface area contributed by atoms with Gasteiger partial charge in [-0.15, -0.1) is 49.6 Å². The van der Waals surface area contributed by atoms with Gasteiger partial charge in [-0.25, -0.2) is 0 Å². The summed E-state index contributed by atoms with van der Waals surface area (Å²) in [7, 11) is 0. The van der Waals surface area contributed by atoms with Gasteiger partial charge in [0, 0.05) is 25.2 Å². The first-order valence-electron chi connectivity index (χ1n) is 25.0. The number of hydrogen-bond donors (Lipinski definition) is 4. The van der Waals surface area contributed by atoms with Crippen molar-refractivity contribution in [1.29, 1.82) is 0 Å². The number of fused-ring (bicyclic) bond motifs is 5. The minimum Gasteiger partial charge on any atom is -0.378 e. The molecule has 4 aliphatic carbocycles. The minimum atomic E-state index is 0. The highest BCUT2D eigenvalue weighted by Gasteiger charge is 2.66. The standard InChI is InChI=1S/C49H96N4O3.4ClH/c1-5-6-7-8-9-10-11-12-13-14-15-16-17-18-31-53-32-19-23-39(2)42-24-25-43-47-44(38-46(49(42,43)4)56-35-22-30-52)48(3)27-26-41(54-33-20-28-50)36-40(48)37-45(47)55-34-21-29-51;;;;/h39-47,53H,5-38,50-52H2,1-4H3;4*1H/t39-,40?,41-,42-,43+,44+,45-,46+,47?,48+,49-;;;;/m1..../s1. The Balaban J connectivity index is 0.00000870. The third-order valence-corrected chi connectivity index (χ3v) is 16.2. The summed E-state index contributed by atoms with van der Waals surface area (Å²) in [5, 5.41) is 3.82. The number of ether oxygens (including phenoxy) is 3. The van der Waals surface area contributed by atoms with Gasteiger partial charge in [0.2, 0.25) is 0 Å². The first-order chi connectivity index (χ1) is 27.3. The van der Waals surface area contributed by atoms with Crippen LogP contribution in [-0.2, 0) is 14.2 Å². The van der Waals surface area contributed by atoms with Crippen LogP contribution in [0.5, 0.6) is 0 Å². The van der Waals surface area contributed by atoms with E-state index >= 15 is 0 Å². The molecule has 7 N–H and O–H groups in total. The number of nitrogens with two attached hydrogens (primary N) is 3. The summed E-state index contributed by atoms with van der Waals surface area (Å²) in [5.41, 5.74) is 18.3. The Kier molecular flexibility index (Phi) is 34.7. The number of hydrogen-bond acceptors (Lipinski definition) is 7. The first kappa shape index (κ1) is 60.9. The van der Waals surface area contributed by atoms with Crippen LogP contribution in [0.3, 0.4) is 0 Å². The van der Waals surface area contributed by atoms with Crippen LogP contribution in [0.15, 0.2) is 0 Å². The molecule has 0 aromatic heterocycles. The van der Waals surface area contributed by atoms with Crippen LogP contribution in [0.2, 0.25) is 0 Å². The number of halogens is 4. The van der Waals surface area contributed by atoms with E-state index in [0.29, 0.717) is 78.9 Å². The first-order valence-corrected chi connectivity index (χ1v) is 25.0. The molecule has 0 aromatic rings. The summed E-state index contributed by atoms with van der Waals surface area (Å²) in [5.74, 6) is 3.91. The van der Waals surface area contributed by atoms with Gasteiger partial charge in [0.05, 0.1) is 18.3 Å². The molecule has 362 valence electrons. The van der Waals surface area contributed by atoms with Gasteiger partial charge in [-0.1, -0.05) is 111 Å². The molecule has 7 nitrogen and oxygen atoms in total. The fourth-order valence-corrected chi connectivity index (χ4v) is 12.9. The van der Waals surface area contributed by atoms with Gasteiger partial charge < -0.3 is 36.7 Å². The molecule has 0 saturated heterocycles. The molecule has 60 heavy (non-hydrogen) atoms. The number of unbranched alkanes of at least 4 members (excludes halogenated alkanes) is 13. The van der Waals surface area contributed by atoms with E-state index in [0.717, 1.165) is 52.0 Å². The quantitative estimate of drug-likeness (QED) is 0.0496. The van der Waals surface area contributed by atoms with E-state index in [-0.39, 0.29) is 55.0 Å². The van der Waals surface area contributed by atoms with Crippen LogP contribution in [0.4, 0.5) is 0 Å². The molecule has 0 spiro atoms. The van der Waals surface area contributed by atoms with Crippen molar-refractivity contribution in [1.82, 2.24) is 5.32 Å². The van der Waals surface area contributed by atoms with Crippen LogP contribution in [-0.4, -0.2) is 70.9 Å². The maximum atomic E-state index is 7.07. The van der Waals surface area contributed by atoms with E-state index in [1.54, 1.807) is 0 Å². The van der Waals surface area contributed by atoms with E-state index < -0.39 is 0 Å². The van der Waals surface area contributed by atoms with Crippen molar-refractivity contribution in [3.63, 3.8) is 0 Å². The lowest BCUT2D eigenvalue weighted by molar-refractivity contribution is -0.227. The highest BCUT2D eigenvalue weighted by Crippen LogP contribution is 2.69. The molecule has 4 saturated carbocycles. The summed E-state index contributed by atoms with van der Waals surface area (Å²) in [6.45, 7) is 17.0. The van der Waals surface area contributed by atoms with E-state index in [1.807, 2.05) is 0 Å². The summed E-state index contributed by atoms with van der Waals surface area (Å²) in [4.78, 5) is 0. The normalized spacial score (nSPS) is 31.1. The van der Waals surface area contributed by atoms with Crippen LogP contribution in [0.25, 0.3) is 0 Å². The van der Waals surface area contributed by atoms with Gasteiger partial charge in [0.25, 0.3) is 0 Å². The molecule has 11 atom stereocenters. The lowest BCUT2D eigenvalue weighted by Crippen LogP contribution is -2.63. The maximum absolute atomic E-state index is 7.07. The lowest BCUT2D eigenvalue weighted by Gasteiger charge is -2.65. The van der Waals surface area contributed by atoms with Crippen molar-refractivity contribution in [2.24, 2.45) is 63.5 Å². The van der Waals surface area contributed by atoms with Crippen molar-refractivity contribution in [2.45, 2.75) is 213 Å². The Morgan fingerprint density at radius 1 is 0.583 bits per heavy atom. The lowest BCUT2D eigenvalue weighted by atomic mass is 9.43. The molecule has 11 heteroatoms. The molecule has 0 radical (unpaired) electrons. The average Bonchev–Trinajstić information content (AvgIpc) is 3.56. The molecule has 0 aromatic carbocycles. The fraction of sp³-hybridized carbons (Fsp3) is 1.00. The van der Waals surface area contributed by atoms with Gasteiger partial charge in [-0.3, -0.25) is 0 Å². The van der Waals surface area contributed by atoms with Crippen molar-refractivity contribution in [2.75, 3.05) is 52.5 Å². The molecule has 0 bridgehead atoms. The summed E-state index contributed by atoms with van der Waals surface area (Å²) in [6, 6.07) is 0. The molecule has 4 rings (SSSR count). The smallest absolute Gasteiger partial charge is 0.0637 e. The average molecular weight is 935 g/mol. The van der Waals surface area contributed by atoms with E-state index in [4.69, 9.17) is 31.4 Å². The molecule has 0 heterocycles. The number of rotatable bonds is 32. The van der Waals surface area contributed by atoms with Crippen molar-refractivity contribution in [3.8, 4) is 0 Å². The third kappa shape index (κ3) is 17.9. The second-order valence-corrected chi connectivity index (χ2v) is 19.9. The number of nitrogens with one attached hydrogen (secondary N) is 1. The molecule has 4 fully saturated rings. The molecule has 4 aliphatic rings. The van der Waals surface area contributed by atoms with Crippen LogP contribution in [0, 0.1) is 46.3 Å². The Bertz CT molecular complexity index is 1020. The van der Waals surface area contributed by atoms with E-state index in [2.05, 4.69) is 33.0 Å². The SMILES string of the molecule is CCCCCCCCCCCCCCCCNCCC[C@@H](C)[C@H]1CC[C@H]2C3[C@H](OCCCN)CC4C[C@H](OCCCN)CC[C@]4(C)[C@H]3C[C@H](OCCCN)[C@]12C.Cl.Cl.Cl.Cl. The van der Waals surface area contributed by atoms with Crippen LogP contribution < -0.4 is 22.5 Å². The monoisotopic (exact) mass is 933 g/mol. The van der Waals surface area contributed by atoms with E-state index in [1.165, 1.54) is 148 Å². The zero-order valence-electron chi connectivity index (χ0n) is 39.3. The Labute approximate surface area is 396 Å². The van der Waals surface area contributed by atoms with E-state index in [9.17, 15) is 0 Å². The molecular formula is C49H100Cl4N4O3. The maximum Gasteiger partial charge on any atom is 0.0637 e. The minimum absolute atomic E-state index is 0. The predicted molar refractivity (Wildman–Crippen MR) is 267 cm³/mol. The molecule has 0 amide bonds. The van der Waals surface area contributed by atoms with Crippen molar-refractivity contribution >= 4 is 49.6 Å². The summed E-state index contributed by atoms with van der Waals surface area (Å²) in [6.07, 6.45) is 35.0. The van der Waals surface area contributed by atoms with Crippen LogP contribution >= 0.6 is 49.6 Å². The zero-order chi connectivity index (χ0) is 40.1.